The third-order valence-corrected chi connectivity index (χ3v) is 6.01. The lowest BCUT2D eigenvalue weighted by molar-refractivity contribution is -0.127. The van der Waals surface area contributed by atoms with Crippen LogP contribution in [0.3, 0.4) is 0 Å². The van der Waals surface area contributed by atoms with Crippen LogP contribution in [0.2, 0.25) is 0 Å². The van der Waals surface area contributed by atoms with Gasteiger partial charge in [0, 0.05) is 43.5 Å². The quantitative estimate of drug-likeness (QED) is 0.829. The molecule has 2 aliphatic carbocycles. The molecule has 0 aliphatic heterocycles. The van der Waals surface area contributed by atoms with Gasteiger partial charge >= 0.3 is 0 Å². The smallest absolute Gasteiger partial charge is 0.226 e. The van der Waals surface area contributed by atoms with Gasteiger partial charge in [0.15, 0.2) is 5.78 Å². The van der Waals surface area contributed by atoms with Crippen molar-refractivity contribution in [1.82, 2.24) is 9.47 Å². The lowest BCUT2D eigenvalue weighted by Crippen LogP contribution is -2.30. The average Bonchev–Trinajstić information content (AvgIpc) is 2.79. The molecule has 1 aromatic rings. The van der Waals surface area contributed by atoms with Crippen molar-refractivity contribution in [3.63, 3.8) is 0 Å². The van der Waals surface area contributed by atoms with Crippen molar-refractivity contribution in [2.75, 3.05) is 14.1 Å². The molecule has 1 aromatic heterocycles. The van der Waals surface area contributed by atoms with Gasteiger partial charge in [0.05, 0.1) is 6.42 Å². The number of carbonyl (C=O) groups excluding carboxylic acids is 2. The van der Waals surface area contributed by atoms with E-state index < -0.39 is 0 Å². The highest BCUT2D eigenvalue weighted by Gasteiger charge is 2.38. The van der Waals surface area contributed by atoms with Gasteiger partial charge in [-0.1, -0.05) is 33.1 Å². The SMILES string of the molecule is Cc1c(CC(=O)N(C)C)c2c(n1C1CCCCC1)CC(C)(C)CC2=O. The maximum absolute atomic E-state index is 13.0. The second-order valence-electron chi connectivity index (χ2n) is 8.95. The summed E-state index contributed by atoms with van der Waals surface area (Å²) in [5.74, 6) is 0.301. The Bertz CT molecular complexity index is 691. The maximum Gasteiger partial charge on any atom is 0.226 e. The fourth-order valence-corrected chi connectivity index (χ4v) is 4.72. The number of carbonyl (C=O) groups is 2. The molecule has 0 saturated heterocycles. The molecule has 1 fully saturated rings. The van der Waals surface area contributed by atoms with Crippen LogP contribution in [-0.4, -0.2) is 35.3 Å². The number of rotatable bonds is 3. The number of ketones is 1. The molecule has 25 heavy (non-hydrogen) atoms. The molecular weight excluding hydrogens is 312 g/mol. The minimum atomic E-state index is 0.00409. The van der Waals surface area contributed by atoms with E-state index in [1.165, 1.54) is 37.8 Å². The summed E-state index contributed by atoms with van der Waals surface area (Å²) in [6.07, 6.45) is 8.08. The van der Waals surface area contributed by atoms with Crippen LogP contribution in [0.25, 0.3) is 0 Å². The Labute approximate surface area is 151 Å². The third-order valence-electron chi connectivity index (χ3n) is 6.01. The molecule has 2 aliphatic rings. The van der Waals surface area contributed by atoms with Crippen LogP contribution >= 0.6 is 0 Å². The summed E-state index contributed by atoms with van der Waals surface area (Å²) in [7, 11) is 3.57. The van der Waals surface area contributed by atoms with Crippen LogP contribution in [0.15, 0.2) is 0 Å². The minimum Gasteiger partial charge on any atom is -0.349 e. The third kappa shape index (κ3) is 3.40. The molecule has 1 amide bonds. The zero-order chi connectivity index (χ0) is 18.4. The van der Waals surface area contributed by atoms with E-state index >= 15 is 0 Å². The van der Waals surface area contributed by atoms with E-state index in [1.54, 1.807) is 19.0 Å². The van der Waals surface area contributed by atoms with Crippen molar-refractivity contribution < 1.29 is 9.59 Å². The molecule has 4 heteroatoms. The molecule has 0 N–H and O–H groups in total. The van der Waals surface area contributed by atoms with Crippen molar-refractivity contribution in [3.8, 4) is 0 Å². The summed E-state index contributed by atoms with van der Waals surface area (Å²) in [4.78, 5) is 27.0. The van der Waals surface area contributed by atoms with Crippen molar-refractivity contribution in [3.05, 3.63) is 22.5 Å². The van der Waals surface area contributed by atoms with Crippen LogP contribution in [-0.2, 0) is 17.6 Å². The predicted octanol–water partition coefficient (Wildman–Crippen LogP) is 4.09. The fourth-order valence-electron chi connectivity index (χ4n) is 4.72. The second-order valence-corrected chi connectivity index (χ2v) is 8.95. The number of Topliss-reactive ketones (excluding diaryl/α,β-unsaturated/α-hetero) is 1. The zero-order valence-electron chi connectivity index (χ0n) is 16.4. The summed E-state index contributed by atoms with van der Waals surface area (Å²) in [5.41, 5.74) is 4.21. The second kappa shape index (κ2) is 6.62. The number of fused-ring (bicyclic) bond motifs is 1. The summed E-state index contributed by atoms with van der Waals surface area (Å²) in [6, 6.07) is 0.493. The molecule has 1 heterocycles. The van der Waals surface area contributed by atoms with Gasteiger partial charge in [-0.05, 0) is 37.2 Å². The Morgan fingerprint density at radius 2 is 1.80 bits per heavy atom. The van der Waals surface area contributed by atoms with Gasteiger partial charge in [0.25, 0.3) is 0 Å². The highest BCUT2D eigenvalue weighted by molar-refractivity contribution is 6.01. The molecule has 0 unspecified atom stereocenters. The normalized spacial score (nSPS) is 20.4. The molecule has 0 spiro atoms. The first-order valence-corrected chi connectivity index (χ1v) is 9.67. The topological polar surface area (TPSA) is 42.3 Å². The zero-order valence-corrected chi connectivity index (χ0v) is 16.4. The summed E-state index contributed by atoms with van der Waals surface area (Å²) >= 11 is 0. The first-order chi connectivity index (χ1) is 11.7. The van der Waals surface area contributed by atoms with Gasteiger partial charge < -0.3 is 9.47 Å². The van der Waals surface area contributed by atoms with E-state index in [4.69, 9.17) is 0 Å². The predicted molar refractivity (Wildman–Crippen MR) is 100 cm³/mol. The van der Waals surface area contributed by atoms with Gasteiger partial charge in [-0.15, -0.1) is 0 Å². The van der Waals surface area contributed by atoms with E-state index in [9.17, 15) is 9.59 Å². The first kappa shape index (κ1) is 18.2. The maximum atomic E-state index is 13.0. The number of nitrogens with zero attached hydrogens (tertiary/aromatic N) is 2. The largest absolute Gasteiger partial charge is 0.349 e. The average molecular weight is 344 g/mol. The molecule has 3 rings (SSSR count). The Hall–Kier alpha value is -1.58. The summed E-state index contributed by atoms with van der Waals surface area (Å²) < 4.78 is 2.45. The monoisotopic (exact) mass is 344 g/mol. The molecular formula is C21H32N2O2. The lowest BCUT2D eigenvalue weighted by atomic mass is 9.75. The van der Waals surface area contributed by atoms with E-state index in [0.29, 0.717) is 18.9 Å². The molecule has 0 aromatic carbocycles. The number of hydrogen-bond donors (Lipinski definition) is 0. The van der Waals surface area contributed by atoms with Gasteiger partial charge in [-0.25, -0.2) is 0 Å². The van der Waals surface area contributed by atoms with Crippen LogP contribution in [0.1, 0.15) is 85.7 Å². The van der Waals surface area contributed by atoms with E-state index in [2.05, 4.69) is 25.3 Å². The highest BCUT2D eigenvalue weighted by atomic mass is 16.2. The Balaban J connectivity index is 2.11. The van der Waals surface area contributed by atoms with Crippen LogP contribution in [0, 0.1) is 12.3 Å². The van der Waals surface area contributed by atoms with E-state index in [-0.39, 0.29) is 17.1 Å². The number of amides is 1. The summed E-state index contributed by atoms with van der Waals surface area (Å²) in [6.45, 7) is 6.49. The fraction of sp³-hybridized carbons (Fsp3) is 0.714. The molecule has 0 bridgehead atoms. The lowest BCUT2D eigenvalue weighted by Gasteiger charge is -2.33. The van der Waals surface area contributed by atoms with Gasteiger partial charge in [0.2, 0.25) is 5.91 Å². The Kier molecular flexibility index (Phi) is 4.82. The molecule has 4 nitrogen and oxygen atoms in total. The van der Waals surface area contributed by atoms with Crippen LogP contribution in [0.4, 0.5) is 0 Å². The van der Waals surface area contributed by atoms with E-state index in [0.717, 1.165) is 23.2 Å². The first-order valence-electron chi connectivity index (χ1n) is 9.67. The number of aromatic nitrogens is 1. The van der Waals surface area contributed by atoms with Crippen molar-refractivity contribution >= 4 is 11.7 Å². The molecule has 0 atom stereocenters. The van der Waals surface area contributed by atoms with Gasteiger partial charge in [-0.2, -0.15) is 0 Å². The molecule has 1 saturated carbocycles. The van der Waals surface area contributed by atoms with Crippen molar-refractivity contribution in [1.29, 1.82) is 0 Å². The highest BCUT2D eigenvalue weighted by Crippen LogP contribution is 2.42. The molecule has 0 radical (unpaired) electrons. The van der Waals surface area contributed by atoms with Gasteiger partial charge in [-0.3, -0.25) is 9.59 Å². The van der Waals surface area contributed by atoms with E-state index in [1.807, 2.05) is 0 Å². The van der Waals surface area contributed by atoms with Crippen LogP contribution < -0.4 is 0 Å². The van der Waals surface area contributed by atoms with Crippen LogP contribution in [0.5, 0.6) is 0 Å². The van der Waals surface area contributed by atoms with Crippen molar-refractivity contribution in [2.45, 2.75) is 78.2 Å². The number of hydrogen-bond acceptors (Lipinski definition) is 2. The molecule has 138 valence electrons. The number of likely N-dealkylation sites (N-methyl/N-ethyl adjacent to an activating group) is 1. The minimum absolute atomic E-state index is 0.00409. The standard InChI is InChI=1S/C21H32N2O2/c1-14-16(11-19(25)22(4)5)20-17(12-21(2,3)13-18(20)24)23(14)15-9-7-6-8-10-15/h15H,6-13H2,1-5H3. The Morgan fingerprint density at radius 3 is 2.40 bits per heavy atom. The van der Waals surface area contributed by atoms with Crippen molar-refractivity contribution in [2.24, 2.45) is 5.41 Å². The van der Waals surface area contributed by atoms with Gasteiger partial charge in [0.1, 0.15) is 0 Å². The summed E-state index contributed by atoms with van der Waals surface area (Å²) in [5, 5.41) is 0. The Morgan fingerprint density at radius 1 is 1.16 bits per heavy atom.